The predicted octanol–water partition coefficient (Wildman–Crippen LogP) is 3.69. The van der Waals surface area contributed by atoms with Gasteiger partial charge in [-0.15, -0.1) is 11.3 Å². The number of nitrogens with zero attached hydrogens (tertiary/aromatic N) is 1. The van der Waals surface area contributed by atoms with Crippen LogP contribution in [-0.4, -0.2) is 11.6 Å². The highest BCUT2D eigenvalue weighted by molar-refractivity contribution is 7.18. The second-order valence-corrected chi connectivity index (χ2v) is 5.44. The molecule has 0 unspecified atom stereocenters. The van der Waals surface area contributed by atoms with Crippen LogP contribution in [0.4, 0.5) is 4.39 Å². The molecule has 2 rings (SSSR count). The van der Waals surface area contributed by atoms with Crippen LogP contribution < -0.4 is 5.43 Å². The number of rotatable bonds is 3. The normalized spacial score (nSPS) is 11.4. The molecule has 0 radical (unpaired) electrons. The molecule has 6 heteroatoms. The summed E-state index contributed by atoms with van der Waals surface area (Å²) in [5.41, 5.74) is 2.89. The highest BCUT2D eigenvalue weighted by atomic mass is 35.5. The van der Waals surface area contributed by atoms with Gasteiger partial charge >= 0.3 is 0 Å². The van der Waals surface area contributed by atoms with Gasteiger partial charge in [0, 0.05) is 0 Å². The van der Waals surface area contributed by atoms with E-state index < -0.39 is 11.7 Å². The van der Waals surface area contributed by atoms with Gasteiger partial charge in [-0.3, -0.25) is 4.79 Å². The molecule has 1 heterocycles. The van der Waals surface area contributed by atoms with Crippen LogP contribution in [0.5, 0.6) is 0 Å². The molecule has 0 spiro atoms. The van der Waals surface area contributed by atoms with Crippen LogP contribution in [-0.2, 0) is 0 Å². The van der Waals surface area contributed by atoms with Gasteiger partial charge in [0.1, 0.15) is 5.82 Å². The number of benzene rings is 1. The van der Waals surface area contributed by atoms with E-state index in [0.29, 0.717) is 10.0 Å². The maximum atomic E-state index is 13.4. The zero-order chi connectivity index (χ0) is 13.8. The first-order chi connectivity index (χ1) is 9.08. The van der Waals surface area contributed by atoms with Gasteiger partial charge in [0.2, 0.25) is 0 Å². The van der Waals surface area contributed by atoms with Crippen LogP contribution in [0.1, 0.15) is 22.2 Å². The third-order valence-electron chi connectivity index (χ3n) is 2.37. The van der Waals surface area contributed by atoms with E-state index in [4.69, 9.17) is 11.6 Å². The highest BCUT2D eigenvalue weighted by Crippen LogP contribution is 2.21. The summed E-state index contributed by atoms with van der Waals surface area (Å²) in [6.45, 7) is 1.74. The monoisotopic (exact) mass is 296 g/mol. The second kappa shape index (κ2) is 5.95. The Morgan fingerprint density at radius 3 is 2.68 bits per heavy atom. The van der Waals surface area contributed by atoms with Crippen molar-refractivity contribution < 1.29 is 9.18 Å². The molecule has 98 valence electrons. The Bertz CT molecular complexity index is 639. The highest BCUT2D eigenvalue weighted by Gasteiger charge is 2.10. The van der Waals surface area contributed by atoms with Gasteiger partial charge in [-0.25, -0.2) is 9.82 Å². The third-order valence-corrected chi connectivity index (χ3v) is 3.71. The molecule has 0 saturated heterocycles. The summed E-state index contributed by atoms with van der Waals surface area (Å²) in [5.74, 6) is -1.16. The first-order valence-electron chi connectivity index (χ1n) is 5.43. The van der Waals surface area contributed by atoms with Crippen molar-refractivity contribution in [1.82, 2.24) is 5.43 Å². The zero-order valence-corrected chi connectivity index (χ0v) is 11.6. The van der Waals surface area contributed by atoms with Crippen molar-refractivity contribution in [3.8, 4) is 0 Å². The Hall–Kier alpha value is -1.72. The first-order valence-corrected chi connectivity index (χ1v) is 6.62. The van der Waals surface area contributed by atoms with Crippen LogP contribution in [0, 0.1) is 5.82 Å². The van der Waals surface area contributed by atoms with Crippen LogP contribution in [0.15, 0.2) is 41.5 Å². The number of nitrogens with one attached hydrogen (secondary N) is 1. The van der Waals surface area contributed by atoms with Crippen LogP contribution >= 0.6 is 22.9 Å². The minimum absolute atomic E-state index is 0.0386. The standard InChI is InChI=1S/C13H10ClFN2OS/c1-8(11-6-7-12(14)19-11)16-17-13(18)9-4-2-3-5-10(9)15/h2-7H,1H3,(H,17,18). The number of hydrogen-bond acceptors (Lipinski definition) is 3. The van der Waals surface area contributed by atoms with E-state index >= 15 is 0 Å². The summed E-state index contributed by atoms with van der Waals surface area (Å²) < 4.78 is 14.0. The molecule has 0 bridgehead atoms. The fourth-order valence-corrected chi connectivity index (χ4v) is 2.39. The quantitative estimate of drug-likeness (QED) is 0.681. The lowest BCUT2D eigenvalue weighted by atomic mass is 10.2. The summed E-state index contributed by atoms with van der Waals surface area (Å²) in [4.78, 5) is 12.6. The predicted molar refractivity (Wildman–Crippen MR) is 75.4 cm³/mol. The van der Waals surface area contributed by atoms with E-state index in [9.17, 15) is 9.18 Å². The average Bonchev–Trinajstić information content (AvgIpc) is 2.83. The lowest BCUT2D eigenvalue weighted by molar-refractivity contribution is 0.0951. The minimum Gasteiger partial charge on any atom is -0.267 e. The minimum atomic E-state index is -0.583. The van der Waals surface area contributed by atoms with E-state index in [2.05, 4.69) is 10.5 Å². The Kier molecular flexibility index (Phi) is 4.29. The number of hydrogen-bond donors (Lipinski definition) is 1. The van der Waals surface area contributed by atoms with Crippen molar-refractivity contribution in [1.29, 1.82) is 0 Å². The fraction of sp³-hybridized carbons (Fsp3) is 0.0769. The lowest BCUT2D eigenvalue weighted by Crippen LogP contribution is -2.20. The molecule has 0 fully saturated rings. The Labute approximate surface area is 118 Å². The van der Waals surface area contributed by atoms with Crippen LogP contribution in [0.3, 0.4) is 0 Å². The van der Waals surface area contributed by atoms with Gasteiger partial charge in [-0.2, -0.15) is 5.10 Å². The maximum Gasteiger partial charge on any atom is 0.274 e. The van der Waals surface area contributed by atoms with Gasteiger partial charge in [0.25, 0.3) is 5.91 Å². The molecule has 0 aliphatic rings. The van der Waals surface area contributed by atoms with Crippen molar-refractivity contribution in [3.05, 3.63) is 57.0 Å². The fourth-order valence-electron chi connectivity index (χ4n) is 1.40. The molecule has 1 aromatic carbocycles. The molecule has 2 aromatic rings. The molecule has 1 N–H and O–H groups in total. The summed E-state index contributed by atoms with van der Waals surface area (Å²) in [6, 6.07) is 9.30. The second-order valence-electron chi connectivity index (χ2n) is 3.72. The number of thiophene rings is 1. The molecular formula is C13H10ClFN2OS. The first kappa shape index (κ1) is 13.7. The van der Waals surface area contributed by atoms with E-state index in [1.165, 1.54) is 29.5 Å². The van der Waals surface area contributed by atoms with E-state index in [1.807, 2.05) is 0 Å². The smallest absolute Gasteiger partial charge is 0.267 e. The number of amides is 1. The van der Waals surface area contributed by atoms with Crippen molar-refractivity contribution >= 4 is 34.6 Å². The van der Waals surface area contributed by atoms with Gasteiger partial charge in [0.15, 0.2) is 0 Å². The summed E-state index contributed by atoms with van der Waals surface area (Å²) >= 11 is 7.17. The number of carbonyl (C=O) groups excluding carboxylic acids is 1. The SMILES string of the molecule is CC(=NNC(=O)c1ccccc1F)c1ccc(Cl)s1. The molecule has 1 aromatic heterocycles. The third kappa shape index (κ3) is 3.39. The topological polar surface area (TPSA) is 41.5 Å². The van der Waals surface area contributed by atoms with E-state index in [-0.39, 0.29) is 5.56 Å². The molecule has 19 heavy (non-hydrogen) atoms. The Balaban J connectivity index is 2.10. The Morgan fingerprint density at radius 1 is 1.32 bits per heavy atom. The molecule has 0 aliphatic carbocycles. The van der Waals surface area contributed by atoms with E-state index in [1.54, 1.807) is 25.1 Å². The summed E-state index contributed by atoms with van der Waals surface area (Å²) in [5, 5.41) is 3.93. The van der Waals surface area contributed by atoms with Gasteiger partial charge < -0.3 is 0 Å². The largest absolute Gasteiger partial charge is 0.274 e. The Morgan fingerprint density at radius 2 is 2.05 bits per heavy atom. The number of halogens is 2. The molecule has 0 aliphatic heterocycles. The molecule has 3 nitrogen and oxygen atoms in total. The van der Waals surface area contributed by atoms with Gasteiger partial charge in [-0.1, -0.05) is 23.7 Å². The van der Waals surface area contributed by atoms with Crippen molar-refractivity contribution in [3.63, 3.8) is 0 Å². The molecule has 0 atom stereocenters. The van der Waals surface area contributed by atoms with Crippen LogP contribution in [0.2, 0.25) is 4.34 Å². The number of hydrazone groups is 1. The van der Waals surface area contributed by atoms with E-state index in [0.717, 1.165) is 4.88 Å². The molecule has 1 amide bonds. The van der Waals surface area contributed by atoms with Crippen molar-refractivity contribution in [2.75, 3.05) is 0 Å². The summed E-state index contributed by atoms with van der Waals surface area (Å²) in [7, 11) is 0. The molecular weight excluding hydrogens is 287 g/mol. The van der Waals surface area contributed by atoms with Gasteiger partial charge in [0.05, 0.1) is 20.5 Å². The molecule has 0 saturated carbocycles. The lowest BCUT2D eigenvalue weighted by Gasteiger charge is -2.02. The van der Waals surface area contributed by atoms with Crippen LogP contribution in [0.25, 0.3) is 0 Å². The van der Waals surface area contributed by atoms with Crippen molar-refractivity contribution in [2.45, 2.75) is 6.92 Å². The van der Waals surface area contributed by atoms with Gasteiger partial charge in [-0.05, 0) is 31.2 Å². The average molecular weight is 297 g/mol. The number of carbonyl (C=O) groups is 1. The maximum absolute atomic E-state index is 13.4. The summed E-state index contributed by atoms with van der Waals surface area (Å²) in [6.07, 6.45) is 0. The zero-order valence-electron chi connectivity index (χ0n) is 9.98. The van der Waals surface area contributed by atoms with Crippen molar-refractivity contribution in [2.24, 2.45) is 5.10 Å².